The maximum atomic E-state index is 12.6. The zero-order valence-electron chi connectivity index (χ0n) is 13.6. The zero-order valence-corrected chi connectivity index (χ0v) is 13.6. The Bertz CT molecular complexity index is 591. The molecule has 3 N–H and O–H groups in total. The van der Waals surface area contributed by atoms with Crippen LogP contribution in [0.15, 0.2) is 41.9 Å². The molecule has 1 aromatic carbocycles. The van der Waals surface area contributed by atoms with Gasteiger partial charge in [-0.2, -0.15) is 0 Å². The van der Waals surface area contributed by atoms with Crippen molar-refractivity contribution in [2.75, 3.05) is 6.61 Å². The third kappa shape index (κ3) is 3.83. The van der Waals surface area contributed by atoms with E-state index in [1.165, 1.54) is 4.90 Å². The van der Waals surface area contributed by atoms with E-state index in [1.54, 1.807) is 20.8 Å². The molecule has 0 radical (unpaired) electrons. The molecule has 1 aliphatic heterocycles. The lowest BCUT2D eigenvalue weighted by Gasteiger charge is -2.28. The third-order valence-electron chi connectivity index (χ3n) is 3.46. The molecule has 6 heteroatoms. The highest BCUT2D eigenvalue weighted by Gasteiger charge is 2.45. The van der Waals surface area contributed by atoms with Crippen molar-refractivity contribution in [3.05, 3.63) is 47.4 Å². The smallest absolute Gasteiger partial charge is 0.293 e. The molecule has 2 atom stereocenters. The summed E-state index contributed by atoms with van der Waals surface area (Å²) in [5.74, 6) is -1.02. The predicted molar refractivity (Wildman–Crippen MR) is 84.4 cm³/mol. The summed E-state index contributed by atoms with van der Waals surface area (Å²) in [4.78, 5) is 13.9. The van der Waals surface area contributed by atoms with Crippen LogP contribution in [-0.2, 0) is 16.1 Å². The number of ether oxygens (including phenoxy) is 1. The van der Waals surface area contributed by atoms with Crippen LogP contribution >= 0.6 is 0 Å². The molecule has 126 valence electrons. The van der Waals surface area contributed by atoms with Crippen LogP contribution in [0, 0.1) is 0 Å². The Morgan fingerprint density at radius 3 is 2.39 bits per heavy atom. The molecular weight excluding hydrogens is 298 g/mol. The monoisotopic (exact) mass is 321 g/mol. The summed E-state index contributed by atoms with van der Waals surface area (Å²) in [5, 5.41) is 29.6. The Morgan fingerprint density at radius 1 is 1.26 bits per heavy atom. The molecule has 0 fully saturated rings. The molecule has 6 nitrogen and oxygen atoms in total. The standard InChI is InChI=1S/C17H23NO5/c1-17(2,3)23-15-14(21)13(12(20)10-19)18(16(15)22)9-11-7-5-4-6-8-11/h4-8,12-13,19-21H,9-10H2,1-3H3/t12-,13+/m0/s1. The zero-order chi connectivity index (χ0) is 17.2. The van der Waals surface area contributed by atoms with Crippen LogP contribution in [0.4, 0.5) is 0 Å². The van der Waals surface area contributed by atoms with Gasteiger partial charge in [0.05, 0.1) is 6.61 Å². The fourth-order valence-corrected chi connectivity index (χ4v) is 2.49. The fourth-order valence-electron chi connectivity index (χ4n) is 2.49. The Morgan fingerprint density at radius 2 is 1.87 bits per heavy atom. The minimum Gasteiger partial charge on any atom is -0.506 e. The molecule has 23 heavy (non-hydrogen) atoms. The molecule has 1 aromatic rings. The number of nitrogens with zero attached hydrogens (tertiary/aromatic N) is 1. The molecule has 0 aliphatic carbocycles. The molecule has 1 aliphatic rings. The van der Waals surface area contributed by atoms with E-state index in [-0.39, 0.29) is 18.1 Å². The van der Waals surface area contributed by atoms with Crippen LogP contribution in [0.3, 0.4) is 0 Å². The first-order valence-electron chi connectivity index (χ1n) is 7.50. The number of rotatable bonds is 5. The highest BCUT2D eigenvalue weighted by atomic mass is 16.5. The van der Waals surface area contributed by atoms with Crippen molar-refractivity contribution in [2.45, 2.75) is 45.1 Å². The van der Waals surface area contributed by atoms with Crippen LogP contribution in [0.1, 0.15) is 26.3 Å². The molecule has 1 amide bonds. The molecule has 0 spiro atoms. The van der Waals surface area contributed by atoms with E-state index < -0.39 is 30.3 Å². The van der Waals surface area contributed by atoms with E-state index in [0.717, 1.165) is 5.56 Å². The van der Waals surface area contributed by atoms with Gasteiger partial charge in [0.2, 0.25) is 5.76 Å². The summed E-state index contributed by atoms with van der Waals surface area (Å²) in [6.45, 7) is 4.91. The number of benzene rings is 1. The lowest BCUT2D eigenvalue weighted by atomic mass is 10.1. The Kier molecular flexibility index (Phi) is 4.97. The van der Waals surface area contributed by atoms with Crippen molar-refractivity contribution in [1.82, 2.24) is 4.90 Å². The molecule has 0 saturated heterocycles. The number of aliphatic hydroxyl groups excluding tert-OH is 3. The van der Waals surface area contributed by atoms with Crippen molar-refractivity contribution in [3.63, 3.8) is 0 Å². The van der Waals surface area contributed by atoms with Crippen LogP contribution in [0.5, 0.6) is 0 Å². The average Bonchev–Trinajstić information content (AvgIpc) is 2.71. The molecular formula is C17H23NO5. The lowest BCUT2D eigenvalue weighted by Crippen LogP contribution is -2.44. The van der Waals surface area contributed by atoms with E-state index in [2.05, 4.69) is 0 Å². The highest BCUT2D eigenvalue weighted by Crippen LogP contribution is 2.31. The second-order valence-corrected chi connectivity index (χ2v) is 6.54. The molecule has 0 bridgehead atoms. The van der Waals surface area contributed by atoms with Crippen LogP contribution < -0.4 is 0 Å². The summed E-state index contributed by atoms with van der Waals surface area (Å²) in [5.41, 5.74) is 0.178. The summed E-state index contributed by atoms with van der Waals surface area (Å²) in [7, 11) is 0. The fraction of sp³-hybridized carbons (Fsp3) is 0.471. The van der Waals surface area contributed by atoms with E-state index in [0.29, 0.717) is 0 Å². The molecule has 2 rings (SSSR count). The van der Waals surface area contributed by atoms with Crippen molar-refractivity contribution in [3.8, 4) is 0 Å². The summed E-state index contributed by atoms with van der Waals surface area (Å²) >= 11 is 0. The number of carbonyl (C=O) groups is 1. The Balaban J connectivity index is 2.32. The van der Waals surface area contributed by atoms with Crippen molar-refractivity contribution in [1.29, 1.82) is 0 Å². The number of hydrogen-bond acceptors (Lipinski definition) is 5. The van der Waals surface area contributed by atoms with Gasteiger partial charge >= 0.3 is 0 Å². The second-order valence-electron chi connectivity index (χ2n) is 6.54. The number of amides is 1. The predicted octanol–water partition coefficient (Wildman–Crippen LogP) is 1.34. The Hall–Kier alpha value is -2.05. The van der Waals surface area contributed by atoms with Crippen molar-refractivity contribution >= 4 is 5.91 Å². The Labute approximate surface area is 135 Å². The summed E-state index contributed by atoms with van der Waals surface area (Å²) in [6.07, 6.45) is -1.29. The van der Waals surface area contributed by atoms with E-state index >= 15 is 0 Å². The topological polar surface area (TPSA) is 90.2 Å². The van der Waals surface area contributed by atoms with Gasteiger partial charge in [0, 0.05) is 6.54 Å². The highest BCUT2D eigenvalue weighted by molar-refractivity contribution is 5.95. The summed E-state index contributed by atoms with van der Waals surface area (Å²) in [6, 6.07) is 8.20. The van der Waals surface area contributed by atoms with Gasteiger partial charge in [-0.25, -0.2) is 0 Å². The SMILES string of the molecule is CC(C)(C)OC1=C(O)[C@@H]([C@@H](O)CO)N(Cc2ccccc2)C1=O. The van der Waals surface area contributed by atoms with Gasteiger partial charge in [0.1, 0.15) is 17.7 Å². The second kappa shape index (κ2) is 6.60. The third-order valence-corrected chi connectivity index (χ3v) is 3.46. The largest absolute Gasteiger partial charge is 0.506 e. The number of hydrogen-bond donors (Lipinski definition) is 3. The molecule has 0 aromatic heterocycles. The van der Waals surface area contributed by atoms with Crippen molar-refractivity contribution < 1.29 is 24.9 Å². The van der Waals surface area contributed by atoms with Crippen LogP contribution in [0.2, 0.25) is 0 Å². The van der Waals surface area contributed by atoms with Gasteiger partial charge in [-0.3, -0.25) is 4.79 Å². The van der Waals surface area contributed by atoms with Gasteiger partial charge in [0.15, 0.2) is 5.76 Å². The normalized spacial score (nSPS) is 20.1. The molecule has 0 unspecified atom stereocenters. The number of carbonyl (C=O) groups excluding carboxylic acids is 1. The average molecular weight is 321 g/mol. The first-order valence-corrected chi connectivity index (χ1v) is 7.50. The van der Waals surface area contributed by atoms with Gasteiger partial charge in [0.25, 0.3) is 5.91 Å². The van der Waals surface area contributed by atoms with E-state index in [1.807, 2.05) is 30.3 Å². The van der Waals surface area contributed by atoms with E-state index in [9.17, 15) is 20.1 Å². The maximum Gasteiger partial charge on any atom is 0.293 e. The van der Waals surface area contributed by atoms with Gasteiger partial charge < -0.3 is 25.0 Å². The van der Waals surface area contributed by atoms with Crippen LogP contribution in [0.25, 0.3) is 0 Å². The van der Waals surface area contributed by atoms with Gasteiger partial charge in [-0.15, -0.1) is 0 Å². The minimum absolute atomic E-state index is 0.175. The first-order chi connectivity index (χ1) is 10.7. The van der Waals surface area contributed by atoms with Gasteiger partial charge in [-0.1, -0.05) is 30.3 Å². The molecule has 0 saturated carbocycles. The van der Waals surface area contributed by atoms with Crippen LogP contribution in [-0.4, -0.2) is 50.5 Å². The quantitative estimate of drug-likeness (QED) is 0.761. The maximum absolute atomic E-state index is 12.6. The summed E-state index contributed by atoms with van der Waals surface area (Å²) < 4.78 is 5.56. The first kappa shape index (κ1) is 17.3. The molecule has 1 heterocycles. The minimum atomic E-state index is -1.29. The number of aliphatic hydroxyl groups is 3. The lowest BCUT2D eigenvalue weighted by molar-refractivity contribution is -0.135. The van der Waals surface area contributed by atoms with Gasteiger partial charge in [-0.05, 0) is 26.3 Å². The van der Waals surface area contributed by atoms with E-state index in [4.69, 9.17) is 4.74 Å². The van der Waals surface area contributed by atoms with Crippen molar-refractivity contribution in [2.24, 2.45) is 0 Å².